The molecule has 0 aliphatic heterocycles. The highest BCUT2D eigenvalue weighted by Gasteiger charge is 2.25. The third-order valence-electron chi connectivity index (χ3n) is 5.56. The summed E-state index contributed by atoms with van der Waals surface area (Å²) in [7, 11) is 0. The summed E-state index contributed by atoms with van der Waals surface area (Å²) in [5.41, 5.74) is 6.06. The minimum absolute atomic E-state index is 0. The molecule has 0 aliphatic carbocycles. The molecule has 39 heavy (non-hydrogen) atoms. The zero-order chi connectivity index (χ0) is 27.5. The molecule has 9 heteroatoms. The van der Waals surface area contributed by atoms with Crippen LogP contribution in [0.4, 0.5) is 5.69 Å². The topological polar surface area (TPSA) is 140 Å². The van der Waals surface area contributed by atoms with E-state index in [-0.39, 0.29) is 25.4 Å². The van der Waals surface area contributed by atoms with Crippen LogP contribution in [0.25, 0.3) is 0 Å². The van der Waals surface area contributed by atoms with Crippen LogP contribution in [0, 0.1) is 18.8 Å². The van der Waals surface area contributed by atoms with Crippen LogP contribution in [0.5, 0.6) is 0 Å². The minimum Gasteiger partial charge on any atom is -0.391 e. The van der Waals surface area contributed by atoms with Gasteiger partial charge in [0.05, 0.1) is 12.6 Å². The van der Waals surface area contributed by atoms with Crippen LogP contribution in [0.15, 0.2) is 72.8 Å². The van der Waals surface area contributed by atoms with Crippen molar-refractivity contribution in [2.45, 2.75) is 40.0 Å². The van der Waals surface area contributed by atoms with Crippen molar-refractivity contribution in [3.8, 4) is 11.8 Å². The number of carbonyl (C=O) groups is 3. The second kappa shape index (κ2) is 15.1. The minimum atomic E-state index is -1.30. The zero-order valence-electron chi connectivity index (χ0n) is 21.1. The Morgan fingerprint density at radius 2 is 1.44 bits per heavy atom. The van der Waals surface area contributed by atoms with Crippen molar-refractivity contribution in [2.75, 3.05) is 11.9 Å². The van der Waals surface area contributed by atoms with E-state index in [1.807, 2.05) is 31.2 Å². The number of anilines is 1. The van der Waals surface area contributed by atoms with E-state index in [1.165, 1.54) is 18.0 Å². The lowest BCUT2D eigenvalue weighted by Gasteiger charge is -2.19. The summed E-state index contributed by atoms with van der Waals surface area (Å²) in [6.45, 7) is 4.16. The maximum absolute atomic E-state index is 12.4. The van der Waals surface area contributed by atoms with Gasteiger partial charge >= 0.3 is 0 Å². The van der Waals surface area contributed by atoms with Gasteiger partial charge in [-0.25, -0.2) is 5.48 Å². The van der Waals surface area contributed by atoms with Gasteiger partial charge < -0.3 is 21.1 Å². The summed E-state index contributed by atoms with van der Waals surface area (Å²) < 4.78 is 0. The van der Waals surface area contributed by atoms with Crippen LogP contribution >= 0.6 is 0 Å². The lowest BCUT2D eigenvalue weighted by atomic mass is 10.1. The van der Waals surface area contributed by atoms with Gasteiger partial charge in [-0.3, -0.25) is 19.6 Å². The van der Waals surface area contributed by atoms with E-state index < -0.39 is 24.0 Å². The number of rotatable bonds is 9. The molecule has 0 bridgehead atoms. The number of aryl methyl sites for hydroxylation is 1. The largest absolute Gasteiger partial charge is 0.391 e. The number of benzene rings is 3. The Labute approximate surface area is 228 Å². The van der Waals surface area contributed by atoms with Gasteiger partial charge in [0, 0.05) is 28.9 Å². The molecule has 204 valence electrons. The summed E-state index contributed by atoms with van der Waals surface area (Å²) in [6.07, 6.45) is -1.20. The van der Waals surface area contributed by atoms with Gasteiger partial charge in [0.25, 0.3) is 11.8 Å². The molecule has 0 radical (unpaired) electrons. The van der Waals surface area contributed by atoms with Crippen LogP contribution in [-0.4, -0.2) is 46.7 Å². The van der Waals surface area contributed by atoms with Crippen molar-refractivity contribution in [2.24, 2.45) is 0 Å². The van der Waals surface area contributed by atoms with Crippen LogP contribution in [-0.2, 0) is 16.1 Å². The summed E-state index contributed by atoms with van der Waals surface area (Å²) in [5.74, 6) is 4.39. The first-order valence-corrected chi connectivity index (χ1v) is 12.0. The fraction of sp³-hybridized carbons (Fsp3) is 0.233. The standard InChI is InChI=1S/C29H30N4O5.CH4/c1-19-3-5-23(6-4-19)17-30-18-26(35)31-25-15-11-22(12-16-25)8-7-21-9-13-24(14-10-21)28(36)32-27(20(2)34)29(37)33-38;/h3-6,9-16,20,27,30,34,38H,17-18H2,1-2H3,(H,31,35)(H,32,36)(H,33,37);1H4/t20-,27+;/m1./s1. The zero-order valence-corrected chi connectivity index (χ0v) is 21.1. The molecule has 3 rings (SSSR count). The number of amides is 3. The Hall–Kier alpha value is -4.49. The monoisotopic (exact) mass is 530 g/mol. The first kappa shape index (κ1) is 30.7. The van der Waals surface area contributed by atoms with Crippen molar-refractivity contribution in [3.63, 3.8) is 0 Å². The SMILES string of the molecule is C.Cc1ccc(CNCC(=O)Nc2ccc(C#Cc3ccc(C(=O)N[C@H](C(=O)NO)[C@@H](C)O)cc3)cc2)cc1. The second-order valence-corrected chi connectivity index (χ2v) is 8.71. The van der Waals surface area contributed by atoms with E-state index in [9.17, 15) is 19.5 Å². The lowest BCUT2D eigenvalue weighted by Crippen LogP contribution is -2.51. The second-order valence-electron chi connectivity index (χ2n) is 8.71. The van der Waals surface area contributed by atoms with Gasteiger partial charge in [0.2, 0.25) is 5.91 Å². The molecule has 2 atom stereocenters. The van der Waals surface area contributed by atoms with Gasteiger partial charge in [0.1, 0.15) is 6.04 Å². The van der Waals surface area contributed by atoms with E-state index in [0.717, 1.165) is 11.1 Å². The summed E-state index contributed by atoms with van der Waals surface area (Å²) >= 11 is 0. The number of carbonyl (C=O) groups excluding carboxylic acids is 3. The smallest absolute Gasteiger partial charge is 0.268 e. The van der Waals surface area contributed by atoms with Crippen molar-refractivity contribution in [1.82, 2.24) is 16.1 Å². The molecular weight excluding hydrogens is 496 g/mol. The number of hydroxylamine groups is 1. The summed E-state index contributed by atoms with van der Waals surface area (Å²) in [6, 6.07) is 20.4. The van der Waals surface area contributed by atoms with Crippen LogP contribution in [0.1, 0.15) is 47.0 Å². The molecule has 6 N–H and O–H groups in total. The first-order valence-electron chi connectivity index (χ1n) is 12.0. The predicted molar refractivity (Wildman–Crippen MR) is 150 cm³/mol. The van der Waals surface area contributed by atoms with Gasteiger partial charge in [-0.05, 0) is 67.9 Å². The average Bonchev–Trinajstić information content (AvgIpc) is 2.92. The third-order valence-corrected chi connectivity index (χ3v) is 5.56. The molecule has 0 aromatic heterocycles. The van der Waals surface area contributed by atoms with E-state index in [0.29, 0.717) is 17.8 Å². The average molecular weight is 531 g/mol. The van der Waals surface area contributed by atoms with Gasteiger partial charge in [-0.15, -0.1) is 0 Å². The Balaban J connectivity index is 0.00000533. The van der Waals surface area contributed by atoms with Crippen LogP contribution in [0.2, 0.25) is 0 Å². The lowest BCUT2D eigenvalue weighted by molar-refractivity contribution is -0.133. The van der Waals surface area contributed by atoms with Gasteiger partial charge in [0.15, 0.2) is 0 Å². The predicted octanol–water partition coefficient (Wildman–Crippen LogP) is 2.74. The Morgan fingerprint density at radius 1 is 0.872 bits per heavy atom. The number of hydrogen-bond acceptors (Lipinski definition) is 6. The maximum Gasteiger partial charge on any atom is 0.268 e. The molecule has 3 aromatic rings. The quantitative estimate of drug-likeness (QED) is 0.143. The van der Waals surface area contributed by atoms with Crippen molar-refractivity contribution in [1.29, 1.82) is 0 Å². The molecule has 0 saturated carbocycles. The number of aliphatic hydroxyl groups is 1. The van der Waals surface area contributed by atoms with Crippen LogP contribution in [0.3, 0.4) is 0 Å². The molecule has 0 aliphatic rings. The van der Waals surface area contributed by atoms with Crippen molar-refractivity contribution in [3.05, 3.63) is 101 Å². The Kier molecular flexibility index (Phi) is 11.9. The fourth-order valence-corrected chi connectivity index (χ4v) is 3.42. The third kappa shape index (κ3) is 9.72. The molecule has 9 nitrogen and oxygen atoms in total. The van der Waals surface area contributed by atoms with E-state index in [2.05, 4.69) is 27.8 Å². The fourth-order valence-electron chi connectivity index (χ4n) is 3.42. The summed E-state index contributed by atoms with van der Waals surface area (Å²) in [5, 5.41) is 26.7. The maximum atomic E-state index is 12.4. The molecule has 0 heterocycles. The molecule has 3 aromatic carbocycles. The molecule has 0 unspecified atom stereocenters. The van der Waals surface area contributed by atoms with Gasteiger partial charge in [-0.1, -0.05) is 49.1 Å². The molecule has 3 amide bonds. The molecular formula is C30H34N4O5. The van der Waals surface area contributed by atoms with E-state index >= 15 is 0 Å². The Bertz CT molecular complexity index is 1310. The summed E-state index contributed by atoms with van der Waals surface area (Å²) in [4.78, 5) is 36.1. The highest BCUT2D eigenvalue weighted by molar-refractivity contribution is 5.97. The van der Waals surface area contributed by atoms with Gasteiger partial charge in [-0.2, -0.15) is 0 Å². The molecule has 0 spiro atoms. The molecule has 0 fully saturated rings. The van der Waals surface area contributed by atoms with Crippen molar-refractivity contribution >= 4 is 23.4 Å². The Morgan fingerprint density at radius 3 is 1.97 bits per heavy atom. The molecule has 0 saturated heterocycles. The number of aliphatic hydroxyl groups excluding tert-OH is 1. The van der Waals surface area contributed by atoms with Crippen LogP contribution < -0.4 is 21.4 Å². The van der Waals surface area contributed by atoms with E-state index in [1.54, 1.807) is 48.5 Å². The first-order chi connectivity index (χ1) is 18.2. The van der Waals surface area contributed by atoms with E-state index in [4.69, 9.17) is 5.21 Å². The number of hydrogen-bond donors (Lipinski definition) is 6. The number of nitrogens with one attached hydrogen (secondary N) is 4. The highest BCUT2D eigenvalue weighted by Crippen LogP contribution is 2.10. The normalized spacial score (nSPS) is 11.6. The highest BCUT2D eigenvalue weighted by atomic mass is 16.5. The van der Waals surface area contributed by atoms with Crippen molar-refractivity contribution < 1.29 is 24.7 Å².